The van der Waals surface area contributed by atoms with Gasteiger partial charge in [0.25, 0.3) is 5.91 Å². The molecule has 0 saturated carbocycles. The highest BCUT2D eigenvalue weighted by molar-refractivity contribution is 14.1. The van der Waals surface area contributed by atoms with Gasteiger partial charge in [-0.15, -0.1) is 0 Å². The summed E-state index contributed by atoms with van der Waals surface area (Å²) in [5, 5.41) is 13.8. The Labute approximate surface area is 133 Å². The van der Waals surface area contributed by atoms with E-state index in [9.17, 15) is 14.9 Å². The molecule has 7 nitrogen and oxygen atoms in total. The molecule has 108 valence electrons. The number of nitrogens with two attached hydrogens (primary N) is 1. The zero-order chi connectivity index (χ0) is 15.4. The number of nitro groups is 1. The molecule has 0 unspecified atom stereocenters. The minimum atomic E-state index is -0.640. The number of carbonyl (C=O) groups is 1. The van der Waals surface area contributed by atoms with Gasteiger partial charge in [-0.05, 0) is 52.9 Å². The normalized spacial score (nSPS) is 10.0. The van der Waals surface area contributed by atoms with Crippen LogP contribution >= 0.6 is 22.6 Å². The van der Waals surface area contributed by atoms with Crippen LogP contribution in [0.15, 0.2) is 42.5 Å². The first-order valence-corrected chi connectivity index (χ1v) is 6.91. The summed E-state index contributed by atoms with van der Waals surface area (Å²) in [4.78, 5) is 22.7. The van der Waals surface area contributed by atoms with Crippen molar-refractivity contribution in [2.45, 2.75) is 0 Å². The second-order valence-corrected chi connectivity index (χ2v) is 5.31. The van der Waals surface area contributed by atoms with Crippen molar-refractivity contribution in [1.29, 1.82) is 0 Å². The number of hydrazine groups is 1. The number of nitrogen functional groups attached to an aromatic ring is 1. The van der Waals surface area contributed by atoms with Gasteiger partial charge in [0.2, 0.25) is 0 Å². The Bertz CT molecular complexity index is 706. The fraction of sp³-hybridized carbons (Fsp3) is 0. The van der Waals surface area contributed by atoms with Gasteiger partial charge < -0.3 is 10.7 Å². The summed E-state index contributed by atoms with van der Waals surface area (Å²) in [6, 6.07) is 11.4. The lowest BCUT2D eigenvalue weighted by Gasteiger charge is -2.08. The van der Waals surface area contributed by atoms with Crippen LogP contribution < -0.4 is 16.6 Å². The van der Waals surface area contributed by atoms with E-state index < -0.39 is 10.8 Å². The lowest BCUT2D eigenvalue weighted by Crippen LogP contribution is -2.16. The number of nitrogens with one attached hydrogen (secondary N) is 2. The molecule has 0 radical (unpaired) electrons. The summed E-state index contributed by atoms with van der Waals surface area (Å²) >= 11 is 2.11. The number of anilines is 2. The molecule has 0 heterocycles. The maximum atomic E-state index is 12.2. The van der Waals surface area contributed by atoms with Crippen molar-refractivity contribution in [3.63, 3.8) is 0 Å². The van der Waals surface area contributed by atoms with E-state index >= 15 is 0 Å². The first kappa shape index (κ1) is 15.2. The highest BCUT2D eigenvalue weighted by Crippen LogP contribution is 2.28. The molecule has 0 fully saturated rings. The zero-order valence-corrected chi connectivity index (χ0v) is 12.8. The fourth-order valence-corrected chi connectivity index (χ4v) is 2.35. The van der Waals surface area contributed by atoms with Gasteiger partial charge in [0.05, 0.1) is 4.92 Å². The van der Waals surface area contributed by atoms with Crippen molar-refractivity contribution in [3.05, 3.63) is 61.7 Å². The monoisotopic (exact) mass is 398 g/mol. The van der Waals surface area contributed by atoms with Gasteiger partial charge in [-0.2, -0.15) is 0 Å². The first-order valence-electron chi connectivity index (χ1n) is 5.84. The largest absolute Gasteiger partial charge is 0.322 e. The lowest BCUT2D eigenvalue weighted by molar-refractivity contribution is -0.384. The number of para-hydroxylation sites is 1. The fourth-order valence-electron chi connectivity index (χ4n) is 1.80. The highest BCUT2D eigenvalue weighted by Gasteiger charge is 2.24. The van der Waals surface area contributed by atoms with Crippen molar-refractivity contribution >= 4 is 45.6 Å². The molecule has 0 saturated heterocycles. The van der Waals surface area contributed by atoms with Crippen molar-refractivity contribution < 1.29 is 9.72 Å². The van der Waals surface area contributed by atoms with Gasteiger partial charge in [0.15, 0.2) is 0 Å². The number of nitro benzene ring substituents is 1. The molecular weight excluding hydrogens is 387 g/mol. The van der Waals surface area contributed by atoms with Crippen LogP contribution in [-0.2, 0) is 0 Å². The number of benzene rings is 2. The van der Waals surface area contributed by atoms with E-state index in [2.05, 4.69) is 33.3 Å². The van der Waals surface area contributed by atoms with Crippen LogP contribution in [0.3, 0.4) is 0 Å². The van der Waals surface area contributed by atoms with Crippen molar-refractivity contribution in [1.82, 2.24) is 0 Å². The Morgan fingerprint density at radius 2 is 1.95 bits per heavy atom. The van der Waals surface area contributed by atoms with E-state index in [1.807, 2.05) is 6.07 Å². The summed E-state index contributed by atoms with van der Waals surface area (Å²) in [6.07, 6.45) is 0. The van der Waals surface area contributed by atoms with Gasteiger partial charge in [-0.1, -0.05) is 12.1 Å². The minimum absolute atomic E-state index is 0.0608. The molecule has 4 N–H and O–H groups in total. The summed E-state index contributed by atoms with van der Waals surface area (Å²) in [5.74, 6) is 4.67. The Hall–Kier alpha value is -2.20. The molecule has 2 aromatic carbocycles. The highest BCUT2D eigenvalue weighted by atomic mass is 127. The Morgan fingerprint density at radius 1 is 1.24 bits per heavy atom. The molecule has 8 heteroatoms. The lowest BCUT2D eigenvalue weighted by atomic mass is 10.1. The summed E-state index contributed by atoms with van der Waals surface area (Å²) in [7, 11) is 0. The van der Waals surface area contributed by atoms with Crippen LogP contribution in [0.25, 0.3) is 0 Å². The Morgan fingerprint density at radius 3 is 2.57 bits per heavy atom. The average Bonchev–Trinajstić information content (AvgIpc) is 2.46. The van der Waals surface area contributed by atoms with Crippen molar-refractivity contribution in [2.24, 2.45) is 5.84 Å². The molecule has 2 aromatic rings. The summed E-state index contributed by atoms with van der Waals surface area (Å²) in [5.41, 5.74) is 2.44. The van der Waals surface area contributed by atoms with E-state index in [4.69, 9.17) is 5.84 Å². The number of amides is 1. The molecule has 1 amide bonds. The number of halogens is 1. The third-order valence-electron chi connectivity index (χ3n) is 2.70. The van der Waals surface area contributed by atoms with E-state index in [0.717, 1.165) is 3.57 Å². The van der Waals surface area contributed by atoms with Crippen LogP contribution in [0.2, 0.25) is 0 Å². The molecule has 2 rings (SSSR count). The molecule has 0 spiro atoms. The van der Waals surface area contributed by atoms with Gasteiger partial charge >= 0.3 is 5.69 Å². The molecule has 0 aliphatic rings. The number of carbonyl (C=O) groups excluding carboxylic acids is 1. The smallest absolute Gasteiger partial charge is 0.306 e. The van der Waals surface area contributed by atoms with Crippen LogP contribution in [0.5, 0.6) is 0 Å². The van der Waals surface area contributed by atoms with E-state index in [-0.39, 0.29) is 16.9 Å². The quantitative estimate of drug-likeness (QED) is 0.318. The molecular formula is C13H11IN4O3. The molecule has 21 heavy (non-hydrogen) atoms. The maximum Gasteiger partial charge on any atom is 0.306 e. The average molecular weight is 398 g/mol. The van der Waals surface area contributed by atoms with Gasteiger partial charge in [0.1, 0.15) is 11.3 Å². The minimum Gasteiger partial charge on any atom is -0.322 e. The molecule has 0 atom stereocenters. The topological polar surface area (TPSA) is 110 Å². The molecule has 0 bridgehead atoms. The standard InChI is InChI=1S/C13H11IN4O3/c14-8-3-1-4-9(7-8)16-13(19)10-5-2-6-11(17-15)12(10)18(20)21/h1-7,17H,15H2,(H,16,19). The van der Waals surface area contributed by atoms with Crippen molar-refractivity contribution in [3.8, 4) is 0 Å². The number of hydrogen-bond donors (Lipinski definition) is 3. The first-order chi connectivity index (χ1) is 10.0. The van der Waals surface area contributed by atoms with Crippen molar-refractivity contribution in [2.75, 3.05) is 10.7 Å². The Kier molecular flexibility index (Phi) is 4.70. The summed E-state index contributed by atoms with van der Waals surface area (Å²) in [6.45, 7) is 0. The zero-order valence-electron chi connectivity index (χ0n) is 10.7. The van der Waals surface area contributed by atoms with Crippen LogP contribution in [0.1, 0.15) is 10.4 Å². The van der Waals surface area contributed by atoms with Crippen LogP contribution in [-0.4, -0.2) is 10.8 Å². The molecule has 0 aliphatic carbocycles. The number of nitrogens with zero attached hydrogens (tertiary/aromatic N) is 1. The third kappa shape index (κ3) is 3.47. The molecule has 0 aliphatic heterocycles. The van der Waals surface area contributed by atoms with E-state index in [1.54, 1.807) is 18.2 Å². The second kappa shape index (κ2) is 6.50. The SMILES string of the molecule is NNc1cccc(C(=O)Nc2cccc(I)c2)c1[N+](=O)[O-]. The van der Waals surface area contributed by atoms with Crippen LogP contribution in [0, 0.1) is 13.7 Å². The van der Waals surface area contributed by atoms with E-state index in [0.29, 0.717) is 5.69 Å². The van der Waals surface area contributed by atoms with Gasteiger partial charge in [-0.25, -0.2) is 0 Å². The number of rotatable bonds is 4. The maximum absolute atomic E-state index is 12.2. The number of hydrogen-bond acceptors (Lipinski definition) is 5. The van der Waals surface area contributed by atoms with Gasteiger partial charge in [0, 0.05) is 9.26 Å². The van der Waals surface area contributed by atoms with Crippen LogP contribution in [0.4, 0.5) is 17.1 Å². The van der Waals surface area contributed by atoms with Gasteiger partial charge in [-0.3, -0.25) is 20.8 Å². The summed E-state index contributed by atoms with van der Waals surface area (Å²) < 4.78 is 0.942. The predicted octanol–water partition coefficient (Wildman–Crippen LogP) is 2.74. The third-order valence-corrected chi connectivity index (χ3v) is 3.37. The second-order valence-electron chi connectivity index (χ2n) is 4.07. The Balaban J connectivity index is 2.37. The van der Waals surface area contributed by atoms with E-state index in [1.165, 1.54) is 18.2 Å². The predicted molar refractivity (Wildman–Crippen MR) is 88.0 cm³/mol. The molecule has 0 aromatic heterocycles.